The standard InChI is InChI=1S/C16H25N5O/c1-19-10-13(9-18-19)20-4-6-21(7-5-20)16(22)14-11-2-3-12(8-11)15(14)17/h9-12,14-15H,2-8,17H2,1H3. The van der Waals surface area contributed by atoms with E-state index in [0.717, 1.165) is 31.9 Å². The third-order valence-corrected chi connectivity index (χ3v) is 5.91. The van der Waals surface area contributed by atoms with Gasteiger partial charge in [-0.15, -0.1) is 0 Å². The molecule has 2 heterocycles. The number of hydrogen-bond donors (Lipinski definition) is 1. The van der Waals surface area contributed by atoms with Gasteiger partial charge in [0, 0.05) is 45.5 Å². The highest BCUT2D eigenvalue weighted by molar-refractivity contribution is 5.81. The lowest BCUT2D eigenvalue weighted by Gasteiger charge is -2.38. The van der Waals surface area contributed by atoms with Crippen LogP contribution in [0.1, 0.15) is 19.3 Å². The van der Waals surface area contributed by atoms with Crippen LogP contribution in [0.4, 0.5) is 5.69 Å². The fraction of sp³-hybridized carbons (Fsp3) is 0.750. The number of piperazine rings is 1. The third-order valence-electron chi connectivity index (χ3n) is 5.91. The van der Waals surface area contributed by atoms with E-state index in [9.17, 15) is 4.79 Å². The lowest BCUT2D eigenvalue weighted by Crippen LogP contribution is -2.53. The Morgan fingerprint density at radius 3 is 2.55 bits per heavy atom. The molecule has 4 atom stereocenters. The van der Waals surface area contributed by atoms with E-state index in [2.05, 4.69) is 10.00 Å². The topological polar surface area (TPSA) is 67.4 Å². The minimum atomic E-state index is 0.0868. The first-order valence-corrected chi connectivity index (χ1v) is 8.41. The molecule has 4 unspecified atom stereocenters. The smallest absolute Gasteiger partial charge is 0.227 e. The predicted octanol–water partition coefficient (Wildman–Crippen LogP) is 0.442. The molecule has 1 amide bonds. The highest BCUT2D eigenvalue weighted by atomic mass is 16.2. The SMILES string of the molecule is Cn1cc(N2CCN(C(=O)C3C4CCC(C4)C3N)CC2)cn1. The Labute approximate surface area is 131 Å². The first kappa shape index (κ1) is 14.1. The summed E-state index contributed by atoms with van der Waals surface area (Å²) < 4.78 is 1.82. The van der Waals surface area contributed by atoms with Crippen LogP contribution in [0.5, 0.6) is 0 Å². The number of nitrogens with two attached hydrogens (primary N) is 1. The predicted molar refractivity (Wildman–Crippen MR) is 84.3 cm³/mol. The number of nitrogens with zero attached hydrogens (tertiary/aromatic N) is 4. The van der Waals surface area contributed by atoms with Crippen molar-refractivity contribution in [2.75, 3.05) is 31.1 Å². The summed E-state index contributed by atoms with van der Waals surface area (Å²) in [7, 11) is 1.93. The van der Waals surface area contributed by atoms with Gasteiger partial charge in [-0.3, -0.25) is 9.48 Å². The number of aryl methyl sites for hydroxylation is 1. The highest BCUT2D eigenvalue weighted by Gasteiger charge is 2.50. The largest absolute Gasteiger partial charge is 0.365 e. The van der Waals surface area contributed by atoms with Gasteiger partial charge < -0.3 is 15.5 Å². The Morgan fingerprint density at radius 2 is 1.95 bits per heavy atom. The average Bonchev–Trinajstić information content (AvgIpc) is 3.23. The van der Waals surface area contributed by atoms with Gasteiger partial charge in [0.2, 0.25) is 5.91 Å². The van der Waals surface area contributed by atoms with Gasteiger partial charge in [-0.1, -0.05) is 0 Å². The van der Waals surface area contributed by atoms with Crippen LogP contribution in [-0.4, -0.2) is 52.8 Å². The van der Waals surface area contributed by atoms with Crippen molar-refractivity contribution in [2.24, 2.45) is 30.5 Å². The molecular formula is C16H25N5O. The molecule has 6 heteroatoms. The highest BCUT2D eigenvalue weighted by Crippen LogP contribution is 2.48. The van der Waals surface area contributed by atoms with Crippen LogP contribution in [0.15, 0.2) is 12.4 Å². The molecule has 6 nitrogen and oxygen atoms in total. The van der Waals surface area contributed by atoms with Gasteiger partial charge >= 0.3 is 0 Å². The van der Waals surface area contributed by atoms with Crippen LogP contribution in [0.25, 0.3) is 0 Å². The molecule has 3 aliphatic rings. The Morgan fingerprint density at radius 1 is 1.23 bits per heavy atom. The maximum absolute atomic E-state index is 12.9. The van der Waals surface area contributed by atoms with Crippen molar-refractivity contribution in [3.05, 3.63) is 12.4 Å². The zero-order valence-electron chi connectivity index (χ0n) is 13.2. The number of rotatable bonds is 2. The second kappa shape index (κ2) is 5.26. The third kappa shape index (κ3) is 2.20. The van der Waals surface area contributed by atoms with Crippen molar-refractivity contribution >= 4 is 11.6 Å². The molecule has 22 heavy (non-hydrogen) atoms. The minimum absolute atomic E-state index is 0.0868. The normalized spacial score (nSPS) is 34.5. The minimum Gasteiger partial charge on any atom is -0.365 e. The van der Waals surface area contributed by atoms with Gasteiger partial charge in [0.05, 0.1) is 17.8 Å². The summed E-state index contributed by atoms with van der Waals surface area (Å²) in [6, 6.07) is 0.0996. The fourth-order valence-corrected chi connectivity index (χ4v) is 4.67. The van der Waals surface area contributed by atoms with Crippen molar-refractivity contribution in [1.82, 2.24) is 14.7 Å². The maximum atomic E-state index is 12.9. The van der Waals surface area contributed by atoms with E-state index in [0.29, 0.717) is 17.7 Å². The van der Waals surface area contributed by atoms with Crippen LogP contribution in [0.2, 0.25) is 0 Å². The summed E-state index contributed by atoms with van der Waals surface area (Å²) in [5.74, 6) is 1.54. The summed E-state index contributed by atoms with van der Waals surface area (Å²) in [4.78, 5) is 17.2. The molecule has 4 rings (SSSR count). The van der Waals surface area contributed by atoms with Gasteiger partial charge in [0.15, 0.2) is 0 Å². The molecule has 1 aromatic rings. The first-order chi connectivity index (χ1) is 10.6. The van der Waals surface area contributed by atoms with Crippen molar-refractivity contribution in [1.29, 1.82) is 0 Å². The molecule has 2 aliphatic carbocycles. The van der Waals surface area contributed by atoms with E-state index in [1.165, 1.54) is 19.3 Å². The summed E-state index contributed by atoms with van der Waals surface area (Å²) in [5.41, 5.74) is 7.47. The van der Waals surface area contributed by atoms with Gasteiger partial charge in [-0.05, 0) is 31.1 Å². The molecule has 120 valence electrons. The maximum Gasteiger partial charge on any atom is 0.227 e. The molecule has 3 fully saturated rings. The zero-order valence-corrected chi connectivity index (χ0v) is 13.2. The van der Waals surface area contributed by atoms with Crippen LogP contribution >= 0.6 is 0 Å². The zero-order chi connectivity index (χ0) is 15.3. The summed E-state index contributed by atoms with van der Waals surface area (Å²) in [6.07, 6.45) is 7.52. The van der Waals surface area contributed by atoms with Gasteiger partial charge in [0.25, 0.3) is 0 Å². The quantitative estimate of drug-likeness (QED) is 0.861. The summed E-state index contributed by atoms with van der Waals surface area (Å²) in [6.45, 7) is 3.36. The average molecular weight is 303 g/mol. The molecule has 0 aromatic carbocycles. The van der Waals surface area contributed by atoms with Crippen LogP contribution in [0, 0.1) is 17.8 Å². The monoisotopic (exact) mass is 303 g/mol. The van der Waals surface area contributed by atoms with E-state index in [4.69, 9.17) is 5.73 Å². The Hall–Kier alpha value is -1.56. The number of carbonyl (C=O) groups is 1. The van der Waals surface area contributed by atoms with Gasteiger partial charge in [-0.2, -0.15) is 5.10 Å². The number of hydrogen-bond acceptors (Lipinski definition) is 4. The van der Waals surface area contributed by atoms with E-state index in [1.54, 1.807) is 0 Å². The molecular weight excluding hydrogens is 278 g/mol. The van der Waals surface area contributed by atoms with Crippen molar-refractivity contribution in [2.45, 2.75) is 25.3 Å². The van der Waals surface area contributed by atoms with Crippen molar-refractivity contribution in [3.8, 4) is 0 Å². The van der Waals surface area contributed by atoms with E-state index in [-0.39, 0.29) is 12.0 Å². The van der Waals surface area contributed by atoms with Crippen LogP contribution in [0.3, 0.4) is 0 Å². The Kier molecular flexibility index (Phi) is 3.36. The Balaban J connectivity index is 1.38. The number of anilines is 1. The molecule has 1 aliphatic heterocycles. The molecule has 0 spiro atoms. The van der Waals surface area contributed by atoms with E-state index in [1.807, 2.05) is 29.0 Å². The Bertz CT molecular complexity index is 561. The molecule has 2 saturated carbocycles. The number of amides is 1. The number of carbonyl (C=O) groups excluding carboxylic acids is 1. The summed E-state index contributed by atoms with van der Waals surface area (Å²) in [5, 5.41) is 4.22. The molecule has 1 saturated heterocycles. The van der Waals surface area contributed by atoms with Gasteiger partial charge in [0.1, 0.15) is 0 Å². The lowest BCUT2D eigenvalue weighted by atomic mass is 9.84. The summed E-state index contributed by atoms with van der Waals surface area (Å²) >= 11 is 0. The molecule has 2 N–H and O–H groups in total. The second-order valence-electron chi connectivity index (χ2n) is 7.12. The van der Waals surface area contributed by atoms with E-state index >= 15 is 0 Å². The molecule has 0 radical (unpaired) electrons. The second-order valence-corrected chi connectivity index (χ2v) is 7.12. The van der Waals surface area contributed by atoms with Crippen molar-refractivity contribution < 1.29 is 4.79 Å². The van der Waals surface area contributed by atoms with Crippen molar-refractivity contribution in [3.63, 3.8) is 0 Å². The van der Waals surface area contributed by atoms with Gasteiger partial charge in [-0.25, -0.2) is 0 Å². The number of fused-ring (bicyclic) bond motifs is 2. The molecule has 2 bridgehead atoms. The fourth-order valence-electron chi connectivity index (χ4n) is 4.67. The lowest BCUT2D eigenvalue weighted by molar-refractivity contribution is -0.138. The van der Waals surface area contributed by atoms with Crippen LogP contribution in [-0.2, 0) is 11.8 Å². The molecule has 1 aromatic heterocycles. The first-order valence-electron chi connectivity index (χ1n) is 8.41. The van der Waals surface area contributed by atoms with Crippen LogP contribution < -0.4 is 10.6 Å². The van der Waals surface area contributed by atoms with E-state index < -0.39 is 0 Å². The number of aromatic nitrogens is 2.